The normalized spacial score (nSPS) is 28.4. The number of hydrogen-bond donors (Lipinski definition) is 1. The second-order valence-corrected chi connectivity index (χ2v) is 5.42. The minimum absolute atomic E-state index is 0.253. The van der Waals surface area contributed by atoms with Crippen LogP contribution in [0.3, 0.4) is 0 Å². The molecule has 0 amide bonds. The summed E-state index contributed by atoms with van der Waals surface area (Å²) < 4.78 is 37.4. The number of hydrogen-bond acceptors (Lipinski definition) is 2. The number of likely N-dealkylation sites (N-methyl/N-ethyl adjacent to an activating group) is 1. The molecule has 102 valence electrons. The SMILES string of the molecule is CC(CN(C)C)NC1CCC(C(F)(F)F)CC1. The van der Waals surface area contributed by atoms with Gasteiger partial charge in [-0.3, -0.25) is 0 Å². The van der Waals surface area contributed by atoms with E-state index in [0.29, 0.717) is 18.9 Å². The van der Waals surface area contributed by atoms with Gasteiger partial charge >= 0.3 is 6.18 Å². The summed E-state index contributed by atoms with van der Waals surface area (Å²) in [5.41, 5.74) is 0. The van der Waals surface area contributed by atoms with Gasteiger partial charge in [-0.25, -0.2) is 0 Å². The molecular weight excluding hydrogens is 229 g/mol. The lowest BCUT2D eigenvalue weighted by atomic mass is 9.85. The Kier molecular flexibility index (Phi) is 5.25. The van der Waals surface area contributed by atoms with Crippen molar-refractivity contribution in [2.24, 2.45) is 5.92 Å². The van der Waals surface area contributed by atoms with E-state index in [4.69, 9.17) is 0 Å². The van der Waals surface area contributed by atoms with Gasteiger partial charge in [0.05, 0.1) is 5.92 Å². The summed E-state index contributed by atoms with van der Waals surface area (Å²) in [5.74, 6) is -1.08. The van der Waals surface area contributed by atoms with Crippen LogP contribution in [0, 0.1) is 5.92 Å². The molecule has 0 aliphatic heterocycles. The molecule has 0 spiro atoms. The molecule has 5 heteroatoms. The van der Waals surface area contributed by atoms with E-state index in [1.807, 2.05) is 14.1 Å². The van der Waals surface area contributed by atoms with Crippen LogP contribution in [-0.2, 0) is 0 Å². The van der Waals surface area contributed by atoms with Gasteiger partial charge in [0.2, 0.25) is 0 Å². The van der Waals surface area contributed by atoms with E-state index in [2.05, 4.69) is 17.1 Å². The van der Waals surface area contributed by atoms with Crippen molar-refractivity contribution in [3.8, 4) is 0 Å². The van der Waals surface area contributed by atoms with E-state index in [9.17, 15) is 13.2 Å². The summed E-state index contributed by atoms with van der Waals surface area (Å²) in [6.45, 7) is 3.00. The average Bonchev–Trinajstić information content (AvgIpc) is 2.15. The van der Waals surface area contributed by atoms with Crippen molar-refractivity contribution in [1.29, 1.82) is 0 Å². The molecule has 1 N–H and O–H groups in total. The van der Waals surface area contributed by atoms with Crippen LogP contribution in [0.5, 0.6) is 0 Å². The summed E-state index contributed by atoms with van der Waals surface area (Å²) in [6, 6.07) is 0.584. The first kappa shape index (κ1) is 14.8. The second-order valence-electron chi connectivity index (χ2n) is 5.42. The maximum Gasteiger partial charge on any atom is 0.391 e. The Morgan fingerprint density at radius 1 is 1.18 bits per heavy atom. The Labute approximate surface area is 102 Å². The van der Waals surface area contributed by atoms with E-state index >= 15 is 0 Å². The molecule has 1 aliphatic carbocycles. The van der Waals surface area contributed by atoms with Crippen molar-refractivity contribution in [2.75, 3.05) is 20.6 Å². The second kappa shape index (κ2) is 6.05. The van der Waals surface area contributed by atoms with Crippen molar-refractivity contribution >= 4 is 0 Å². The largest absolute Gasteiger partial charge is 0.391 e. The maximum absolute atomic E-state index is 12.5. The van der Waals surface area contributed by atoms with Crippen molar-refractivity contribution in [3.63, 3.8) is 0 Å². The van der Waals surface area contributed by atoms with Crippen LogP contribution in [-0.4, -0.2) is 43.8 Å². The zero-order valence-corrected chi connectivity index (χ0v) is 10.8. The molecule has 1 unspecified atom stereocenters. The van der Waals surface area contributed by atoms with Gasteiger partial charge in [-0.05, 0) is 46.7 Å². The highest BCUT2D eigenvalue weighted by Gasteiger charge is 2.41. The molecule has 2 nitrogen and oxygen atoms in total. The third kappa shape index (κ3) is 5.25. The highest BCUT2D eigenvalue weighted by atomic mass is 19.4. The molecule has 0 bridgehead atoms. The average molecular weight is 252 g/mol. The van der Waals surface area contributed by atoms with E-state index in [-0.39, 0.29) is 18.9 Å². The predicted octanol–water partition coefficient (Wildman–Crippen LogP) is 2.65. The monoisotopic (exact) mass is 252 g/mol. The molecule has 0 heterocycles. The third-order valence-electron chi connectivity index (χ3n) is 3.35. The Bertz CT molecular complexity index is 220. The molecule has 0 saturated heterocycles. The number of halogens is 3. The standard InChI is InChI=1S/C12H23F3N2/c1-9(8-17(2)3)16-11-6-4-10(5-7-11)12(13,14)15/h9-11,16H,4-8H2,1-3H3. The Morgan fingerprint density at radius 3 is 2.12 bits per heavy atom. The Morgan fingerprint density at radius 2 is 1.71 bits per heavy atom. The van der Waals surface area contributed by atoms with E-state index in [1.54, 1.807) is 0 Å². The van der Waals surface area contributed by atoms with Crippen molar-refractivity contribution in [3.05, 3.63) is 0 Å². The Hall–Kier alpha value is -0.290. The van der Waals surface area contributed by atoms with Crippen LogP contribution >= 0.6 is 0 Å². The first-order valence-corrected chi connectivity index (χ1v) is 6.26. The highest BCUT2D eigenvalue weighted by Crippen LogP contribution is 2.37. The molecule has 0 aromatic carbocycles. The lowest BCUT2D eigenvalue weighted by Gasteiger charge is -2.32. The van der Waals surface area contributed by atoms with Gasteiger partial charge in [0.15, 0.2) is 0 Å². The smallest absolute Gasteiger partial charge is 0.310 e. The van der Waals surface area contributed by atoms with Crippen LogP contribution < -0.4 is 5.32 Å². The highest BCUT2D eigenvalue weighted by molar-refractivity contribution is 4.82. The molecular formula is C12H23F3N2. The van der Waals surface area contributed by atoms with Gasteiger partial charge in [0.1, 0.15) is 0 Å². The van der Waals surface area contributed by atoms with Crippen LogP contribution in [0.25, 0.3) is 0 Å². The molecule has 1 rings (SSSR count). The fourth-order valence-electron chi connectivity index (χ4n) is 2.59. The van der Waals surface area contributed by atoms with Crippen molar-refractivity contribution < 1.29 is 13.2 Å². The van der Waals surface area contributed by atoms with Gasteiger partial charge in [-0.1, -0.05) is 0 Å². The summed E-state index contributed by atoms with van der Waals surface area (Å²) >= 11 is 0. The van der Waals surface area contributed by atoms with E-state index < -0.39 is 12.1 Å². The summed E-state index contributed by atoms with van der Waals surface area (Å²) in [7, 11) is 4.00. The first-order valence-electron chi connectivity index (χ1n) is 6.26. The van der Waals surface area contributed by atoms with Crippen molar-refractivity contribution in [2.45, 2.75) is 50.9 Å². The van der Waals surface area contributed by atoms with E-state index in [0.717, 1.165) is 6.54 Å². The molecule has 1 atom stereocenters. The fourth-order valence-corrected chi connectivity index (χ4v) is 2.59. The topological polar surface area (TPSA) is 15.3 Å². The Balaban J connectivity index is 2.28. The molecule has 0 aromatic heterocycles. The van der Waals surface area contributed by atoms with Crippen LogP contribution in [0.15, 0.2) is 0 Å². The third-order valence-corrected chi connectivity index (χ3v) is 3.35. The van der Waals surface area contributed by atoms with Crippen LogP contribution in [0.2, 0.25) is 0 Å². The maximum atomic E-state index is 12.5. The van der Waals surface area contributed by atoms with E-state index in [1.165, 1.54) is 0 Å². The van der Waals surface area contributed by atoms with Crippen molar-refractivity contribution in [1.82, 2.24) is 10.2 Å². The number of rotatable bonds is 4. The van der Waals surface area contributed by atoms with Gasteiger partial charge in [0, 0.05) is 18.6 Å². The minimum Gasteiger partial charge on any atom is -0.310 e. The first-order chi connectivity index (χ1) is 7.79. The van der Waals surface area contributed by atoms with Crippen LogP contribution in [0.4, 0.5) is 13.2 Å². The lowest BCUT2D eigenvalue weighted by Crippen LogP contribution is -2.44. The summed E-state index contributed by atoms with van der Waals surface area (Å²) in [5, 5.41) is 3.41. The zero-order chi connectivity index (χ0) is 13.1. The summed E-state index contributed by atoms with van der Waals surface area (Å²) in [4.78, 5) is 2.08. The molecule has 0 radical (unpaired) electrons. The lowest BCUT2D eigenvalue weighted by molar-refractivity contribution is -0.182. The quantitative estimate of drug-likeness (QED) is 0.827. The van der Waals surface area contributed by atoms with Gasteiger partial charge < -0.3 is 10.2 Å². The number of nitrogens with zero attached hydrogens (tertiary/aromatic N) is 1. The van der Waals surface area contributed by atoms with Gasteiger partial charge in [-0.15, -0.1) is 0 Å². The van der Waals surface area contributed by atoms with Gasteiger partial charge in [-0.2, -0.15) is 13.2 Å². The van der Waals surface area contributed by atoms with Gasteiger partial charge in [0.25, 0.3) is 0 Å². The zero-order valence-electron chi connectivity index (χ0n) is 10.8. The molecule has 0 aromatic rings. The molecule has 1 aliphatic rings. The fraction of sp³-hybridized carbons (Fsp3) is 1.00. The molecule has 1 fully saturated rings. The number of nitrogens with one attached hydrogen (secondary N) is 1. The predicted molar refractivity (Wildman–Crippen MR) is 63.0 cm³/mol. The minimum atomic E-state index is -4.00. The van der Waals surface area contributed by atoms with Crippen LogP contribution in [0.1, 0.15) is 32.6 Å². The summed E-state index contributed by atoms with van der Waals surface area (Å²) in [6.07, 6.45) is -2.17. The molecule has 1 saturated carbocycles. The molecule has 17 heavy (non-hydrogen) atoms. The number of alkyl halides is 3.